The molecule has 2 N–H and O–H groups in total. The molecule has 0 radical (unpaired) electrons. The van der Waals surface area contributed by atoms with Gasteiger partial charge >= 0.3 is 6.09 Å². The summed E-state index contributed by atoms with van der Waals surface area (Å²) in [5.41, 5.74) is 5.68. The number of nitrogens with zero attached hydrogens (tertiary/aromatic N) is 1. The van der Waals surface area contributed by atoms with Gasteiger partial charge in [0, 0.05) is 12.6 Å². The van der Waals surface area contributed by atoms with E-state index in [1.54, 1.807) is 4.90 Å². The van der Waals surface area contributed by atoms with Gasteiger partial charge in [-0.2, -0.15) is 0 Å². The fourth-order valence-corrected chi connectivity index (χ4v) is 3.31. The van der Waals surface area contributed by atoms with Gasteiger partial charge in [0.2, 0.25) is 0 Å². The zero-order valence-electron chi connectivity index (χ0n) is 14.8. The Kier molecular flexibility index (Phi) is 5.18. The van der Waals surface area contributed by atoms with Gasteiger partial charge in [0.05, 0.1) is 12.6 Å². The molecule has 1 aliphatic heterocycles. The van der Waals surface area contributed by atoms with Crippen LogP contribution in [0, 0.1) is 0 Å². The van der Waals surface area contributed by atoms with Crippen LogP contribution >= 0.6 is 0 Å². The normalized spacial score (nSPS) is 24.3. The lowest BCUT2D eigenvalue weighted by molar-refractivity contribution is 0.0272. The highest BCUT2D eigenvalue weighted by Gasteiger charge is 2.44. The van der Waals surface area contributed by atoms with Crippen LogP contribution in [0.5, 0.6) is 0 Å². The van der Waals surface area contributed by atoms with E-state index in [-0.39, 0.29) is 23.3 Å². The summed E-state index contributed by atoms with van der Waals surface area (Å²) in [4.78, 5) is 13.8. The lowest BCUT2D eigenvalue weighted by atomic mass is 10.2. The molecular formula is C15H32N2O3Si. The first-order chi connectivity index (χ1) is 9.23. The third-order valence-corrected chi connectivity index (χ3v) is 8.72. The van der Waals surface area contributed by atoms with Crippen molar-refractivity contribution >= 4 is 14.4 Å². The number of hydrogen-bond donors (Lipinski definition) is 1. The molecule has 0 aromatic rings. The summed E-state index contributed by atoms with van der Waals surface area (Å²) in [6.07, 6.45) is -0.405. The third kappa shape index (κ3) is 4.97. The van der Waals surface area contributed by atoms with Gasteiger partial charge in [0.15, 0.2) is 8.32 Å². The largest absolute Gasteiger partial charge is 0.444 e. The Hall–Kier alpha value is -0.593. The molecule has 0 spiro atoms. The van der Waals surface area contributed by atoms with Crippen molar-refractivity contribution in [2.45, 2.75) is 77.4 Å². The maximum Gasteiger partial charge on any atom is 0.410 e. The van der Waals surface area contributed by atoms with Crippen LogP contribution in [0.15, 0.2) is 0 Å². The monoisotopic (exact) mass is 316 g/mol. The topological polar surface area (TPSA) is 64.8 Å². The molecule has 1 amide bonds. The number of hydrogen-bond acceptors (Lipinski definition) is 4. The molecule has 6 heteroatoms. The van der Waals surface area contributed by atoms with Crippen LogP contribution in [0.25, 0.3) is 0 Å². The predicted molar refractivity (Wildman–Crippen MR) is 87.9 cm³/mol. The van der Waals surface area contributed by atoms with Crippen molar-refractivity contribution in [3.05, 3.63) is 0 Å². The van der Waals surface area contributed by atoms with Crippen molar-refractivity contribution in [2.24, 2.45) is 5.73 Å². The van der Waals surface area contributed by atoms with Crippen LogP contribution in [0.2, 0.25) is 18.1 Å². The van der Waals surface area contributed by atoms with Crippen molar-refractivity contribution in [1.29, 1.82) is 0 Å². The number of carbonyl (C=O) groups is 1. The molecule has 0 unspecified atom stereocenters. The first-order valence-electron chi connectivity index (χ1n) is 7.64. The lowest BCUT2D eigenvalue weighted by Crippen LogP contribution is -2.48. The standard InChI is InChI=1S/C15H32N2O3Si/c1-14(2,3)19-13(18)17-9-11(16)12(10-17)20-21(7,8)15(4,5)6/h11-12H,9-10,16H2,1-8H3/t11-,12+/m0/s1. The van der Waals surface area contributed by atoms with Crippen molar-refractivity contribution in [2.75, 3.05) is 13.1 Å². The fraction of sp³-hybridized carbons (Fsp3) is 0.933. The quantitative estimate of drug-likeness (QED) is 0.796. The first-order valence-corrected chi connectivity index (χ1v) is 10.5. The number of ether oxygens (including phenoxy) is 1. The van der Waals surface area contributed by atoms with Gasteiger partial charge in [-0.3, -0.25) is 0 Å². The Balaban J connectivity index is 2.67. The third-order valence-electron chi connectivity index (χ3n) is 4.21. The summed E-state index contributed by atoms with van der Waals surface area (Å²) < 4.78 is 11.8. The van der Waals surface area contributed by atoms with Crippen LogP contribution in [0.4, 0.5) is 4.79 Å². The highest BCUT2D eigenvalue weighted by molar-refractivity contribution is 6.74. The molecule has 124 valence electrons. The maximum absolute atomic E-state index is 12.1. The van der Waals surface area contributed by atoms with E-state index in [0.717, 1.165) is 0 Å². The highest BCUT2D eigenvalue weighted by atomic mass is 28.4. The van der Waals surface area contributed by atoms with Crippen molar-refractivity contribution in [1.82, 2.24) is 4.90 Å². The molecule has 5 nitrogen and oxygen atoms in total. The number of likely N-dealkylation sites (tertiary alicyclic amines) is 1. The van der Waals surface area contributed by atoms with Gasteiger partial charge in [0.1, 0.15) is 5.60 Å². The first kappa shape index (κ1) is 18.5. The van der Waals surface area contributed by atoms with E-state index < -0.39 is 13.9 Å². The molecule has 21 heavy (non-hydrogen) atoms. The minimum atomic E-state index is -1.88. The second-order valence-corrected chi connectivity index (χ2v) is 13.2. The average molecular weight is 317 g/mol. The summed E-state index contributed by atoms with van der Waals surface area (Å²) in [5, 5.41) is 0.131. The van der Waals surface area contributed by atoms with Gasteiger partial charge < -0.3 is 19.8 Å². The average Bonchev–Trinajstić information content (AvgIpc) is 2.55. The van der Waals surface area contributed by atoms with Gasteiger partial charge in [-0.1, -0.05) is 20.8 Å². The van der Waals surface area contributed by atoms with Crippen molar-refractivity contribution in [3.8, 4) is 0 Å². The molecular weight excluding hydrogens is 284 g/mol. The Labute approximate surface area is 130 Å². The van der Waals surface area contributed by atoms with Gasteiger partial charge in [0.25, 0.3) is 0 Å². The highest BCUT2D eigenvalue weighted by Crippen LogP contribution is 2.38. The van der Waals surface area contributed by atoms with Gasteiger partial charge in [-0.15, -0.1) is 0 Å². The van der Waals surface area contributed by atoms with Crippen LogP contribution in [-0.4, -0.2) is 50.1 Å². The van der Waals surface area contributed by atoms with Gasteiger partial charge in [-0.25, -0.2) is 4.79 Å². The molecule has 1 rings (SSSR count). The Morgan fingerprint density at radius 1 is 1.14 bits per heavy atom. The van der Waals surface area contributed by atoms with E-state index in [0.29, 0.717) is 13.1 Å². The smallest absolute Gasteiger partial charge is 0.410 e. The molecule has 2 atom stereocenters. The Morgan fingerprint density at radius 2 is 1.67 bits per heavy atom. The summed E-state index contributed by atoms with van der Waals surface area (Å²) in [7, 11) is -1.88. The minimum Gasteiger partial charge on any atom is -0.444 e. The molecule has 0 bridgehead atoms. The van der Waals surface area contributed by atoms with E-state index in [2.05, 4.69) is 33.9 Å². The maximum atomic E-state index is 12.1. The summed E-state index contributed by atoms with van der Waals surface area (Å²) in [5.74, 6) is 0. The van der Waals surface area contributed by atoms with E-state index >= 15 is 0 Å². The van der Waals surface area contributed by atoms with Crippen molar-refractivity contribution in [3.63, 3.8) is 0 Å². The van der Waals surface area contributed by atoms with E-state index in [1.807, 2.05) is 20.8 Å². The Bertz CT molecular complexity index is 385. The molecule has 1 heterocycles. The minimum absolute atomic E-state index is 0.0987. The molecule has 1 fully saturated rings. The molecule has 1 saturated heterocycles. The number of amides is 1. The van der Waals surface area contributed by atoms with E-state index in [4.69, 9.17) is 14.9 Å². The van der Waals surface area contributed by atoms with Gasteiger partial charge in [-0.05, 0) is 38.9 Å². The number of rotatable bonds is 2. The predicted octanol–water partition coefficient (Wildman–Crippen LogP) is 2.95. The zero-order chi connectivity index (χ0) is 16.6. The molecule has 0 aromatic carbocycles. The molecule has 0 aliphatic carbocycles. The van der Waals surface area contributed by atoms with E-state index in [9.17, 15) is 4.79 Å². The summed E-state index contributed by atoms with van der Waals surface area (Å²) in [6.45, 7) is 17.6. The lowest BCUT2D eigenvalue weighted by Gasteiger charge is -2.39. The molecule has 0 saturated carbocycles. The summed E-state index contributed by atoms with van der Waals surface area (Å²) in [6, 6.07) is -0.147. The number of carbonyl (C=O) groups excluding carboxylic acids is 1. The second kappa shape index (κ2) is 5.89. The SMILES string of the molecule is CC(C)(C)OC(=O)N1C[C@H](N)[C@H](O[Si](C)(C)C(C)(C)C)C1. The molecule has 0 aromatic heterocycles. The fourth-order valence-electron chi connectivity index (χ4n) is 1.95. The zero-order valence-corrected chi connectivity index (χ0v) is 15.8. The summed E-state index contributed by atoms with van der Waals surface area (Å²) >= 11 is 0. The molecule has 1 aliphatic rings. The second-order valence-electron chi connectivity index (χ2n) is 8.47. The van der Waals surface area contributed by atoms with Crippen LogP contribution < -0.4 is 5.73 Å². The van der Waals surface area contributed by atoms with Crippen LogP contribution in [0.3, 0.4) is 0 Å². The van der Waals surface area contributed by atoms with Crippen LogP contribution in [-0.2, 0) is 9.16 Å². The number of nitrogens with two attached hydrogens (primary N) is 1. The van der Waals surface area contributed by atoms with E-state index in [1.165, 1.54) is 0 Å². The van der Waals surface area contributed by atoms with Crippen molar-refractivity contribution < 1.29 is 14.0 Å². The van der Waals surface area contributed by atoms with Crippen LogP contribution in [0.1, 0.15) is 41.5 Å². The Morgan fingerprint density at radius 3 is 2.10 bits per heavy atom.